The van der Waals surface area contributed by atoms with Crippen molar-refractivity contribution in [2.45, 2.75) is 6.42 Å². The number of para-hydroxylation sites is 1. The molecule has 0 radical (unpaired) electrons. The molecule has 1 heterocycles. The van der Waals surface area contributed by atoms with E-state index in [0.29, 0.717) is 0 Å². The third kappa shape index (κ3) is 3.48. The maximum Gasteiger partial charge on any atom is 0.146 e. The van der Waals surface area contributed by atoms with E-state index < -0.39 is 0 Å². The molecule has 0 saturated heterocycles. The summed E-state index contributed by atoms with van der Waals surface area (Å²) >= 11 is 3.99. The highest BCUT2D eigenvalue weighted by atomic mass is 79.9. The lowest BCUT2D eigenvalue weighted by atomic mass is 9.82. The zero-order valence-electron chi connectivity index (χ0n) is 18.0. The van der Waals surface area contributed by atoms with Crippen LogP contribution in [0.15, 0.2) is 120 Å². The normalized spacial score (nSPS) is 11.9. The second-order valence-electron chi connectivity index (χ2n) is 8.23. The fourth-order valence-corrected chi connectivity index (χ4v) is 5.51. The first-order valence-electron chi connectivity index (χ1n) is 11.1. The SMILES string of the molecule is Brc1c2c(c(-c3ccccc3)c(-c3ccccc3)c1-c1ccccc1)Cc1ccccc1O2. The summed E-state index contributed by atoms with van der Waals surface area (Å²) in [5.74, 6) is 1.84. The van der Waals surface area contributed by atoms with E-state index in [4.69, 9.17) is 4.74 Å². The Morgan fingerprint density at radius 3 is 1.61 bits per heavy atom. The Bertz CT molecular complexity index is 1440. The predicted molar refractivity (Wildman–Crippen MR) is 140 cm³/mol. The fraction of sp³-hybridized carbons (Fsp3) is 0.0323. The van der Waals surface area contributed by atoms with Gasteiger partial charge in [-0.15, -0.1) is 0 Å². The van der Waals surface area contributed by atoms with Gasteiger partial charge in [0.15, 0.2) is 0 Å². The maximum atomic E-state index is 6.58. The summed E-state index contributed by atoms with van der Waals surface area (Å²) in [6.07, 6.45) is 0.823. The topological polar surface area (TPSA) is 9.23 Å². The summed E-state index contributed by atoms with van der Waals surface area (Å²) in [6.45, 7) is 0. The first-order chi connectivity index (χ1) is 16.3. The van der Waals surface area contributed by atoms with Gasteiger partial charge in [0, 0.05) is 17.5 Å². The van der Waals surface area contributed by atoms with Gasteiger partial charge in [0.05, 0.1) is 4.47 Å². The van der Waals surface area contributed by atoms with Crippen LogP contribution in [0.5, 0.6) is 11.5 Å². The van der Waals surface area contributed by atoms with Crippen LogP contribution in [0.2, 0.25) is 0 Å². The molecule has 1 aliphatic heterocycles. The zero-order valence-corrected chi connectivity index (χ0v) is 19.5. The van der Waals surface area contributed by atoms with Gasteiger partial charge in [-0.3, -0.25) is 0 Å². The van der Waals surface area contributed by atoms with E-state index in [0.717, 1.165) is 33.5 Å². The molecule has 33 heavy (non-hydrogen) atoms. The van der Waals surface area contributed by atoms with Gasteiger partial charge in [-0.05, 0) is 55.4 Å². The molecule has 0 atom stereocenters. The van der Waals surface area contributed by atoms with Crippen LogP contribution in [0.25, 0.3) is 33.4 Å². The molecule has 5 aromatic rings. The largest absolute Gasteiger partial charge is 0.456 e. The lowest BCUT2D eigenvalue weighted by Gasteiger charge is -2.29. The lowest BCUT2D eigenvalue weighted by Crippen LogP contribution is -2.08. The summed E-state index contributed by atoms with van der Waals surface area (Å²) < 4.78 is 7.57. The van der Waals surface area contributed by atoms with Gasteiger partial charge in [-0.1, -0.05) is 109 Å². The van der Waals surface area contributed by atoms with Crippen LogP contribution in [-0.4, -0.2) is 0 Å². The monoisotopic (exact) mass is 488 g/mol. The Kier molecular flexibility index (Phi) is 5.09. The molecule has 0 unspecified atom stereocenters. The molecule has 0 bridgehead atoms. The highest BCUT2D eigenvalue weighted by Gasteiger charge is 2.29. The van der Waals surface area contributed by atoms with Crippen LogP contribution in [0.4, 0.5) is 0 Å². The van der Waals surface area contributed by atoms with E-state index in [9.17, 15) is 0 Å². The summed E-state index contributed by atoms with van der Waals surface area (Å²) in [7, 11) is 0. The van der Waals surface area contributed by atoms with E-state index in [1.165, 1.54) is 33.4 Å². The van der Waals surface area contributed by atoms with Gasteiger partial charge in [0.1, 0.15) is 11.5 Å². The Labute approximate surface area is 202 Å². The molecule has 0 amide bonds. The number of ether oxygens (including phenoxy) is 1. The average Bonchev–Trinajstić information content (AvgIpc) is 2.89. The van der Waals surface area contributed by atoms with Crippen molar-refractivity contribution < 1.29 is 4.74 Å². The number of fused-ring (bicyclic) bond motifs is 2. The molecule has 1 nitrogen and oxygen atoms in total. The third-order valence-electron chi connectivity index (χ3n) is 6.23. The quantitative estimate of drug-likeness (QED) is 0.241. The summed E-state index contributed by atoms with van der Waals surface area (Å²) in [5, 5.41) is 0. The Morgan fingerprint density at radius 1 is 0.515 bits per heavy atom. The van der Waals surface area contributed by atoms with Gasteiger partial charge in [-0.25, -0.2) is 0 Å². The molecule has 0 spiro atoms. The van der Waals surface area contributed by atoms with Crippen LogP contribution < -0.4 is 4.74 Å². The molecule has 158 valence electrons. The predicted octanol–water partition coefficient (Wildman–Crippen LogP) is 9.15. The van der Waals surface area contributed by atoms with Gasteiger partial charge in [0.25, 0.3) is 0 Å². The second-order valence-corrected chi connectivity index (χ2v) is 9.02. The standard InChI is InChI=1S/C31H21BrO/c32-30-29(23-16-8-3-9-17-23)28(22-14-6-2-7-15-22)27(21-12-4-1-5-13-21)25-20-24-18-10-11-19-26(24)33-31(25)30/h1-19H,20H2. The molecule has 0 fully saturated rings. The van der Waals surface area contributed by atoms with Crippen molar-refractivity contribution in [3.8, 4) is 44.9 Å². The number of hydrogen-bond acceptors (Lipinski definition) is 1. The molecular weight excluding hydrogens is 468 g/mol. The van der Waals surface area contributed by atoms with Gasteiger partial charge in [-0.2, -0.15) is 0 Å². The van der Waals surface area contributed by atoms with Crippen molar-refractivity contribution >= 4 is 15.9 Å². The van der Waals surface area contributed by atoms with Gasteiger partial charge < -0.3 is 4.74 Å². The first kappa shape index (κ1) is 20.0. The number of halogens is 1. The number of rotatable bonds is 3. The molecule has 0 aliphatic carbocycles. The summed E-state index contributed by atoms with van der Waals surface area (Å²) in [5.41, 5.74) is 9.57. The van der Waals surface area contributed by atoms with Crippen LogP contribution in [0, 0.1) is 0 Å². The average molecular weight is 489 g/mol. The minimum atomic E-state index is 0.823. The minimum absolute atomic E-state index is 0.823. The molecule has 0 saturated carbocycles. The Morgan fingerprint density at radius 2 is 1.00 bits per heavy atom. The minimum Gasteiger partial charge on any atom is -0.456 e. The smallest absolute Gasteiger partial charge is 0.146 e. The van der Waals surface area contributed by atoms with Crippen molar-refractivity contribution in [1.29, 1.82) is 0 Å². The van der Waals surface area contributed by atoms with Crippen molar-refractivity contribution in [2.24, 2.45) is 0 Å². The van der Waals surface area contributed by atoms with E-state index in [2.05, 4.69) is 125 Å². The molecule has 1 aliphatic rings. The second kappa shape index (κ2) is 8.38. The van der Waals surface area contributed by atoms with Crippen LogP contribution >= 0.6 is 15.9 Å². The van der Waals surface area contributed by atoms with Crippen molar-refractivity contribution in [3.63, 3.8) is 0 Å². The van der Waals surface area contributed by atoms with Crippen molar-refractivity contribution in [3.05, 3.63) is 131 Å². The molecule has 5 aromatic carbocycles. The molecular formula is C31H21BrO. The van der Waals surface area contributed by atoms with E-state index in [1.807, 2.05) is 6.07 Å². The van der Waals surface area contributed by atoms with Crippen LogP contribution in [0.1, 0.15) is 11.1 Å². The molecule has 2 heteroatoms. The number of hydrogen-bond donors (Lipinski definition) is 0. The summed E-state index contributed by atoms with van der Waals surface area (Å²) in [6, 6.07) is 40.3. The summed E-state index contributed by atoms with van der Waals surface area (Å²) in [4.78, 5) is 0. The lowest BCUT2D eigenvalue weighted by molar-refractivity contribution is 0.458. The Hall–Kier alpha value is -3.62. The van der Waals surface area contributed by atoms with Gasteiger partial charge >= 0.3 is 0 Å². The molecule has 0 N–H and O–H groups in total. The van der Waals surface area contributed by atoms with Crippen LogP contribution in [0.3, 0.4) is 0 Å². The Balaban J connectivity index is 1.77. The molecule has 6 rings (SSSR count). The van der Waals surface area contributed by atoms with E-state index in [1.54, 1.807) is 0 Å². The van der Waals surface area contributed by atoms with Crippen LogP contribution in [-0.2, 0) is 6.42 Å². The fourth-order valence-electron chi connectivity index (χ4n) is 4.76. The molecule has 0 aromatic heterocycles. The third-order valence-corrected chi connectivity index (χ3v) is 6.99. The number of benzene rings is 5. The van der Waals surface area contributed by atoms with Gasteiger partial charge in [0.2, 0.25) is 0 Å². The maximum absolute atomic E-state index is 6.58. The highest BCUT2D eigenvalue weighted by molar-refractivity contribution is 9.10. The van der Waals surface area contributed by atoms with E-state index >= 15 is 0 Å². The first-order valence-corrected chi connectivity index (χ1v) is 11.9. The highest BCUT2D eigenvalue weighted by Crippen LogP contribution is 2.54. The van der Waals surface area contributed by atoms with Crippen molar-refractivity contribution in [2.75, 3.05) is 0 Å². The van der Waals surface area contributed by atoms with E-state index in [-0.39, 0.29) is 0 Å². The van der Waals surface area contributed by atoms with Crippen molar-refractivity contribution in [1.82, 2.24) is 0 Å². The zero-order chi connectivity index (χ0) is 22.2.